The van der Waals surface area contributed by atoms with Crippen LogP contribution >= 0.6 is 0 Å². The summed E-state index contributed by atoms with van der Waals surface area (Å²) in [7, 11) is 0. The molecule has 1 fully saturated rings. The zero-order valence-electron chi connectivity index (χ0n) is 11.4. The van der Waals surface area contributed by atoms with E-state index in [-0.39, 0.29) is 12.4 Å². The van der Waals surface area contributed by atoms with Gasteiger partial charge in [0.15, 0.2) is 5.78 Å². The van der Waals surface area contributed by atoms with E-state index in [9.17, 15) is 4.79 Å². The van der Waals surface area contributed by atoms with E-state index in [2.05, 4.69) is 6.92 Å². The normalized spacial score (nSPS) is 16.8. The fourth-order valence-corrected chi connectivity index (χ4v) is 2.42. The molecule has 0 spiro atoms. The van der Waals surface area contributed by atoms with Crippen LogP contribution in [0.5, 0.6) is 0 Å². The molecule has 1 aliphatic rings. The van der Waals surface area contributed by atoms with Crippen LogP contribution in [0, 0.1) is 13.8 Å². The lowest BCUT2D eigenvalue weighted by molar-refractivity contribution is 0.0284. The minimum atomic E-state index is 0.101. The molecule has 1 aliphatic carbocycles. The molecule has 2 rings (SSSR count). The highest BCUT2D eigenvalue weighted by atomic mass is 16.5. The highest BCUT2D eigenvalue weighted by Gasteiger charge is 2.16. The second-order valence-corrected chi connectivity index (χ2v) is 5.29. The van der Waals surface area contributed by atoms with Crippen molar-refractivity contribution < 1.29 is 9.53 Å². The monoisotopic (exact) mass is 246 g/mol. The van der Waals surface area contributed by atoms with E-state index in [1.54, 1.807) is 0 Å². The van der Waals surface area contributed by atoms with E-state index >= 15 is 0 Å². The summed E-state index contributed by atoms with van der Waals surface area (Å²) in [5, 5.41) is 0. The van der Waals surface area contributed by atoms with Crippen LogP contribution in [0.15, 0.2) is 18.2 Å². The Bertz CT molecular complexity index is 417. The third-order valence-corrected chi connectivity index (χ3v) is 3.83. The van der Waals surface area contributed by atoms with Crippen LogP contribution in [-0.2, 0) is 4.74 Å². The van der Waals surface area contributed by atoms with Crippen LogP contribution in [0.1, 0.15) is 53.6 Å². The van der Waals surface area contributed by atoms with E-state index < -0.39 is 0 Å². The Hall–Kier alpha value is -1.15. The van der Waals surface area contributed by atoms with Crippen LogP contribution in [0.25, 0.3) is 0 Å². The highest BCUT2D eigenvalue weighted by molar-refractivity contribution is 5.97. The van der Waals surface area contributed by atoms with Gasteiger partial charge in [-0.05, 0) is 43.9 Å². The van der Waals surface area contributed by atoms with Gasteiger partial charge in [-0.25, -0.2) is 0 Å². The van der Waals surface area contributed by atoms with Crippen LogP contribution in [0.4, 0.5) is 0 Å². The van der Waals surface area contributed by atoms with Crippen molar-refractivity contribution in [1.29, 1.82) is 0 Å². The number of hydrogen-bond acceptors (Lipinski definition) is 2. The van der Waals surface area contributed by atoms with Gasteiger partial charge in [0.25, 0.3) is 0 Å². The standard InChI is InChI=1S/C16H22O2/c1-12-8-9-14(10-13(12)2)16(17)11-18-15-6-4-3-5-7-15/h8-10,15H,3-7,11H2,1-2H3. The van der Waals surface area contributed by atoms with Crippen LogP contribution in [0.2, 0.25) is 0 Å². The van der Waals surface area contributed by atoms with Crippen molar-refractivity contribution in [3.05, 3.63) is 34.9 Å². The molecule has 0 amide bonds. The molecule has 2 heteroatoms. The number of ketones is 1. The summed E-state index contributed by atoms with van der Waals surface area (Å²) in [5.41, 5.74) is 3.16. The average Bonchev–Trinajstić information content (AvgIpc) is 2.40. The van der Waals surface area contributed by atoms with Crippen molar-refractivity contribution in [3.8, 4) is 0 Å². The van der Waals surface area contributed by atoms with E-state index in [1.165, 1.54) is 30.4 Å². The maximum absolute atomic E-state index is 12.0. The van der Waals surface area contributed by atoms with Gasteiger partial charge in [0.05, 0.1) is 6.10 Å². The lowest BCUT2D eigenvalue weighted by atomic mass is 9.98. The number of aryl methyl sites for hydroxylation is 2. The summed E-state index contributed by atoms with van der Waals surface area (Å²) in [6, 6.07) is 5.86. The Morgan fingerprint density at radius 2 is 1.89 bits per heavy atom. The summed E-state index contributed by atoms with van der Waals surface area (Å²) in [4.78, 5) is 12.0. The molecule has 0 unspecified atom stereocenters. The lowest BCUT2D eigenvalue weighted by Gasteiger charge is -2.21. The number of carbonyl (C=O) groups excluding carboxylic acids is 1. The largest absolute Gasteiger partial charge is 0.370 e. The molecular formula is C16H22O2. The predicted molar refractivity (Wildman–Crippen MR) is 73.1 cm³/mol. The molecule has 18 heavy (non-hydrogen) atoms. The first-order valence-electron chi connectivity index (χ1n) is 6.89. The van der Waals surface area contributed by atoms with Crippen LogP contribution < -0.4 is 0 Å². The molecule has 0 aromatic heterocycles. The van der Waals surface area contributed by atoms with Crippen LogP contribution in [0.3, 0.4) is 0 Å². The molecule has 0 N–H and O–H groups in total. The van der Waals surface area contributed by atoms with Gasteiger partial charge < -0.3 is 4.74 Å². The predicted octanol–water partition coefficient (Wildman–Crippen LogP) is 3.84. The van der Waals surface area contributed by atoms with E-state index in [0.717, 1.165) is 18.4 Å². The maximum Gasteiger partial charge on any atom is 0.188 e. The molecule has 1 aromatic carbocycles. The molecule has 0 aliphatic heterocycles. The smallest absolute Gasteiger partial charge is 0.188 e. The zero-order valence-corrected chi connectivity index (χ0v) is 11.4. The number of carbonyl (C=O) groups is 1. The third kappa shape index (κ3) is 3.42. The molecule has 0 bridgehead atoms. The van der Waals surface area contributed by atoms with Gasteiger partial charge in [0, 0.05) is 5.56 Å². The number of rotatable bonds is 4. The first-order chi connectivity index (χ1) is 8.66. The summed E-state index contributed by atoms with van der Waals surface area (Å²) < 4.78 is 5.72. The summed E-state index contributed by atoms with van der Waals surface area (Å²) in [5.74, 6) is 0.101. The average molecular weight is 246 g/mol. The lowest BCUT2D eigenvalue weighted by Crippen LogP contribution is -2.21. The van der Waals surface area contributed by atoms with Gasteiger partial charge in [-0.2, -0.15) is 0 Å². The minimum absolute atomic E-state index is 0.101. The molecule has 0 heterocycles. The van der Waals surface area contributed by atoms with Gasteiger partial charge >= 0.3 is 0 Å². The van der Waals surface area contributed by atoms with Crippen molar-refractivity contribution in [2.45, 2.75) is 52.1 Å². The maximum atomic E-state index is 12.0. The van der Waals surface area contributed by atoms with Crippen molar-refractivity contribution in [2.75, 3.05) is 6.61 Å². The van der Waals surface area contributed by atoms with E-state index in [4.69, 9.17) is 4.74 Å². The Labute approximate surface area is 109 Å². The van der Waals surface area contributed by atoms with Crippen molar-refractivity contribution in [2.24, 2.45) is 0 Å². The quantitative estimate of drug-likeness (QED) is 0.755. The molecule has 2 nitrogen and oxygen atoms in total. The fraction of sp³-hybridized carbons (Fsp3) is 0.562. The van der Waals surface area contributed by atoms with Gasteiger partial charge in [-0.3, -0.25) is 4.79 Å². The van der Waals surface area contributed by atoms with Gasteiger partial charge in [0.1, 0.15) is 6.61 Å². The van der Waals surface area contributed by atoms with E-state index in [1.807, 2.05) is 25.1 Å². The Morgan fingerprint density at radius 1 is 1.17 bits per heavy atom. The second kappa shape index (κ2) is 6.14. The number of benzene rings is 1. The zero-order chi connectivity index (χ0) is 13.0. The number of ether oxygens (including phenoxy) is 1. The number of Topliss-reactive ketones (excluding diaryl/α,β-unsaturated/α-hetero) is 1. The molecule has 1 aromatic rings. The second-order valence-electron chi connectivity index (χ2n) is 5.29. The van der Waals surface area contributed by atoms with E-state index in [0.29, 0.717) is 6.10 Å². The molecule has 1 saturated carbocycles. The van der Waals surface area contributed by atoms with Crippen molar-refractivity contribution in [3.63, 3.8) is 0 Å². The number of hydrogen-bond donors (Lipinski definition) is 0. The fourth-order valence-electron chi connectivity index (χ4n) is 2.42. The minimum Gasteiger partial charge on any atom is -0.370 e. The van der Waals surface area contributed by atoms with Gasteiger partial charge in [-0.15, -0.1) is 0 Å². The first kappa shape index (κ1) is 13.3. The molecule has 98 valence electrons. The summed E-state index contributed by atoms with van der Waals surface area (Å²) >= 11 is 0. The molecule has 0 radical (unpaired) electrons. The van der Waals surface area contributed by atoms with Crippen molar-refractivity contribution >= 4 is 5.78 Å². The van der Waals surface area contributed by atoms with Crippen LogP contribution in [-0.4, -0.2) is 18.5 Å². The highest BCUT2D eigenvalue weighted by Crippen LogP contribution is 2.20. The Kier molecular flexibility index (Phi) is 4.54. The molecule has 0 atom stereocenters. The summed E-state index contributed by atoms with van der Waals surface area (Å²) in [6.45, 7) is 4.32. The third-order valence-electron chi connectivity index (χ3n) is 3.83. The summed E-state index contributed by atoms with van der Waals surface area (Å²) in [6.07, 6.45) is 6.31. The van der Waals surface area contributed by atoms with Crippen molar-refractivity contribution in [1.82, 2.24) is 0 Å². The molecular weight excluding hydrogens is 224 g/mol. The first-order valence-corrected chi connectivity index (χ1v) is 6.89. The van der Waals surface area contributed by atoms with Gasteiger partial charge in [0.2, 0.25) is 0 Å². The Balaban J connectivity index is 1.88. The van der Waals surface area contributed by atoms with Gasteiger partial charge in [-0.1, -0.05) is 31.4 Å². The molecule has 0 saturated heterocycles. The Morgan fingerprint density at radius 3 is 2.56 bits per heavy atom. The SMILES string of the molecule is Cc1ccc(C(=O)COC2CCCCC2)cc1C. The topological polar surface area (TPSA) is 26.3 Å².